The summed E-state index contributed by atoms with van der Waals surface area (Å²) in [6.45, 7) is 2.46. The molecule has 1 aliphatic carbocycles. The maximum atomic E-state index is 13.1. The second kappa shape index (κ2) is 6.37. The minimum absolute atomic E-state index is 0.0365. The number of aryl methyl sites for hydroxylation is 1. The maximum absolute atomic E-state index is 13.1. The van der Waals surface area contributed by atoms with Crippen LogP contribution in [0.5, 0.6) is 11.6 Å². The monoisotopic (exact) mass is 285 g/mol. The third-order valence-corrected chi connectivity index (χ3v) is 3.75. The molecular formula is C15H21F2NO2. The molecule has 0 saturated heterocycles. The van der Waals surface area contributed by atoms with Crippen LogP contribution in [-0.4, -0.2) is 24.6 Å². The fraction of sp³-hybridized carbons (Fsp3) is 0.667. The van der Waals surface area contributed by atoms with Gasteiger partial charge in [0.05, 0.1) is 13.7 Å². The molecule has 0 aromatic carbocycles. The van der Waals surface area contributed by atoms with Gasteiger partial charge in [-0.25, -0.2) is 13.8 Å². The summed E-state index contributed by atoms with van der Waals surface area (Å²) in [7, 11) is 1.55. The quantitative estimate of drug-likeness (QED) is 0.823. The van der Waals surface area contributed by atoms with Crippen molar-refractivity contribution in [2.24, 2.45) is 5.92 Å². The number of hydrogen-bond acceptors (Lipinski definition) is 3. The van der Waals surface area contributed by atoms with E-state index in [0.717, 1.165) is 12.1 Å². The smallest absolute Gasteiger partial charge is 0.256 e. The van der Waals surface area contributed by atoms with E-state index in [1.807, 2.05) is 19.1 Å². The number of nitrogens with zero attached hydrogens (tertiary/aromatic N) is 1. The standard InChI is InChI=1S/C15H21F2NO2/c1-3-12-4-5-13(14(18-12)19-2)20-10-11-6-8-15(16,17)9-7-11/h4-5,11H,3,6-10H2,1-2H3. The minimum atomic E-state index is -2.49. The van der Waals surface area contributed by atoms with Crippen LogP contribution >= 0.6 is 0 Å². The van der Waals surface area contributed by atoms with Crippen LogP contribution in [0.1, 0.15) is 38.3 Å². The van der Waals surface area contributed by atoms with E-state index in [-0.39, 0.29) is 18.8 Å². The van der Waals surface area contributed by atoms with Gasteiger partial charge in [0, 0.05) is 18.5 Å². The lowest BCUT2D eigenvalue weighted by Gasteiger charge is -2.28. The molecule has 1 fully saturated rings. The lowest BCUT2D eigenvalue weighted by atomic mass is 9.87. The largest absolute Gasteiger partial charge is 0.488 e. The average molecular weight is 285 g/mol. The Bertz CT molecular complexity index is 441. The molecule has 3 nitrogen and oxygen atoms in total. The van der Waals surface area contributed by atoms with E-state index in [1.54, 1.807) is 7.11 Å². The lowest BCUT2D eigenvalue weighted by molar-refractivity contribution is -0.0499. The summed E-state index contributed by atoms with van der Waals surface area (Å²) in [6.07, 6.45) is 1.77. The molecule has 1 heterocycles. The summed E-state index contributed by atoms with van der Waals surface area (Å²) < 4.78 is 37.1. The summed E-state index contributed by atoms with van der Waals surface area (Å²) in [6, 6.07) is 3.73. The Morgan fingerprint density at radius 3 is 2.60 bits per heavy atom. The van der Waals surface area contributed by atoms with E-state index < -0.39 is 5.92 Å². The third-order valence-electron chi connectivity index (χ3n) is 3.75. The molecule has 0 amide bonds. The van der Waals surface area contributed by atoms with Crippen LogP contribution in [-0.2, 0) is 6.42 Å². The second-order valence-corrected chi connectivity index (χ2v) is 5.27. The molecular weight excluding hydrogens is 264 g/mol. The van der Waals surface area contributed by atoms with Gasteiger partial charge in [0.15, 0.2) is 5.75 Å². The number of aromatic nitrogens is 1. The number of pyridine rings is 1. The number of halogens is 2. The predicted molar refractivity (Wildman–Crippen MR) is 72.6 cm³/mol. The molecule has 1 aromatic heterocycles. The van der Waals surface area contributed by atoms with E-state index in [4.69, 9.17) is 9.47 Å². The zero-order valence-corrected chi connectivity index (χ0v) is 12.0. The van der Waals surface area contributed by atoms with Crippen molar-refractivity contribution < 1.29 is 18.3 Å². The Balaban J connectivity index is 1.91. The zero-order chi connectivity index (χ0) is 14.6. The van der Waals surface area contributed by atoms with E-state index >= 15 is 0 Å². The SMILES string of the molecule is CCc1ccc(OCC2CCC(F)(F)CC2)c(OC)n1. The van der Waals surface area contributed by atoms with Gasteiger partial charge in [-0.05, 0) is 37.3 Å². The second-order valence-electron chi connectivity index (χ2n) is 5.27. The molecule has 2 rings (SSSR count). The molecule has 0 aliphatic heterocycles. The Hall–Kier alpha value is -1.39. The normalized spacial score (nSPS) is 18.8. The first-order chi connectivity index (χ1) is 9.54. The highest BCUT2D eigenvalue weighted by atomic mass is 19.3. The van der Waals surface area contributed by atoms with Gasteiger partial charge >= 0.3 is 0 Å². The molecule has 0 spiro atoms. The van der Waals surface area contributed by atoms with Crippen molar-refractivity contribution in [3.63, 3.8) is 0 Å². The minimum Gasteiger partial charge on any atom is -0.488 e. The van der Waals surface area contributed by atoms with Crippen LogP contribution in [0.25, 0.3) is 0 Å². The highest BCUT2D eigenvalue weighted by Gasteiger charge is 2.35. The topological polar surface area (TPSA) is 31.4 Å². The third kappa shape index (κ3) is 3.81. The molecule has 0 unspecified atom stereocenters. The summed E-state index contributed by atoms with van der Waals surface area (Å²) in [5, 5.41) is 0. The first-order valence-corrected chi connectivity index (χ1v) is 7.08. The Labute approximate surface area is 118 Å². The number of hydrogen-bond donors (Lipinski definition) is 0. The van der Waals surface area contributed by atoms with Crippen molar-refractivity contribution in [1.82, 2.24) is 4.98 Å². The molecule has 0 atom stereocenters. The number of alkyl halides is 2. The number of rotatable bonds is 5. The summed E-state index contributed by atoms with van der Waals surface area (Å²) in [5.74, 6) is -1.25. The van der Waals surface area contributed by atoms with Crippen LogP contribution in [0, 0.1) is 5.92 Å². The van der Waals surface area contributed by atoms with Gasteiger partial charge in [0.2, 0.25) is 5.92 Å². The van der Waals surface area contributed by atoms with Crippen molar-refractivity contribution in [1.29, 1.82) is 0 Å². The molecule has 0 radical (unpaired) electrons. The lowest BCUT2D eigenvalue weighted by Crippen LogP contribution is -2.27. The van der Waals surface area contributed by atoms with Crippen molar-refractivity contribution in [2.75, 3.05) is 13.7 Å². The highest BCUT2D eigenvalue weighted by Crippen LogP contribution is 2.36. The summed E-state index contributed by atoms with van der Waals surface area (Å²) in [4.78, 5) is 4.33. The van der Waals surface area contributed by atoms with Crippen LogP contribution in [0.15, 0.2) is 12.1 Å². The molecule has 1 aromatic rings. The van der Waals surface area contributed by atoms with Crippen LogP contribution in [0.4, 0.5) is 8.78 Å². The zero-order valence-electron chi connectivity index (χ0n) is 12.0. The molecule has 20 heavy (non-hydrogen) atoms. The van der Waals surface area contributed by atoms with Crippen molar-refractivity contribution in [2.45, 2.75) is 45.0 Å². The van der Waals surface area contributed by atoms with Crippen LogP contribution in [0.2, 0.25) is 0 Å². The van der Waals surface area contributed by atoms with Gasteiger partial charge in [-0.15, -0.1) is 0 Å². The van der Waals surface area contributed by atoms with E-state index in [1.165, 1.54) is 0 Å². The fourth-order valence-electron chi connectivity index (χ4n) is 2.39. The number of methoxy groups -OCH3 is 1. The van der Waals surface area contributed by atoms with Crippen LogP contribution in [0.3, 0.4) is 0 Å². The Morgan fingerprint density at radius 1 is 1.30 bits per heavy atom. The highest BCUT2D eigenvalue weighted by molar-refractivity contribution is 5.34. The van der Waals surface area contributed by atoms with Crippen molar-refractivity contribution in [3.05, 3.63) is 17.8 Å². The van der Waals surface area contributed by atoms with E-state index in [9.17, 15) is 8.78 Å². The molecule has 5 heteroatoms. The molecule has 1 saturated carbocycles. The summed E-state index contributed by atoms with van der Waals surface area (Å²) in [5.41, 5.74) is 0.937. The van der Waals surface area contributed by atoms with E-state index in [0.29, 0.717) is 31.1 Å². The average Bonchev–Trinajstić information content (AvgIpc) is 2.46. The van der Waals surface area contributed by atoms with Gasteiger partial charge in [-0.3, -0.25) is 0 Å². The first-order valence-electron chi connectivity index (χ1n) is 7.08. The van der Waals surface area contributed by atoms with Gasteiger partial charge < -0.3 is 9.47 Å². The summed E-state index contributed by atoms with van der Waals surface area (Å²) >= 11 is 0. The fourth-order valence-corrected chi connectivity index (χ4v) is 2.39. The molecule has 0 bridgehead atoms. The van der Waals surface area contributed by atoms with Gasteiger partial charge in [-0.2, -0.15) is 0 Å². The number of ether oxygens (including phenoxy) is 2. The van der Waals surface area contributed by atoms with Crippen molar-refractivity contribution >= 4 is 0 Å². The molecule has 112 valence electrons. The van der Waals surface area contributed by atoms with E-state index in [2.05, 4.69) is 4.98 Å². The van der Waals surface area contributed by atoms with Gasteiger partial charge in [0.25, 0.3) is 5.88 Å². The Kier molecular flexibility index (Phi) is 4.78. The molecule has 1 aliphatic rings. The van der Waals surface area contributed by atoms with Gasteiger partial charge in [-0.1, -0.05) is 6.92 Å². The predicted octanol–water partition coefficient (Wildman–Crippen LogP) is 3.86. The Morgan fingerprint density at radius 2 is 2.00 bits per heavy atom. The first kappa shape index (κ1) is 15.0. The van der Waals surface area contributed by atoms with Crippen LogP contribution < -0.4 is 9.47 Å². The van der Waals surface area contributed by atoms with Gasteiger partial charge in [0.1, 0.15) is 0 Å². The molecule has 0 N–H and O–H groups in total. The maximum Gasteiger partial charge on any atom is 0.256 e. The van der Waals surface area contributed by atoms with Crippen molar-refractivity contribution in [3.8, 4) is 11.6 Å².